The van der Waals surface area contributed by atoms with Crippen LogP contribution in [0.15, 0.2) is 12.1 Å². The van der Waals surface area contributed by atoms with Crippen molar-refractivity contribution < 1.29 is 4.74 Å². The molecule has 1 aliphatic carbocycles. The van der Waals surface area contributed by atoms with Gasteiger partial charge in [0.1, 0.15) is 11.9 Å². The fourth-order valence-corrected chi connectivity index (χ4v) is 2.33. The van der Waals surface area contributed by atoms with Gasteiger partial charge in [0.15, 0.2) is 0 Å². The van der Waals surface area contributed by atoms with Gasteiger partial charge in [-0.2, -0.15) is 5.26 Å². The van der Waals surface area contributed by atoms with E-state index in [1.165, 1.54) is 12.8 Å². The van der Waals surface area contributed by atoms with Crippen LogP contribution in [0.3, 0.4) is 0 Å². The van der Waals surface area contributed by atoms with E-state index in [0.717, 1.165) is 31.0 Å². The summed E-state index contributed by atoms with van der Waals surface area (Å²) in [7, 11) is 0. The summed E-state index contributed by atoms with van der Waals surface area (Å²) in [6.07, 6.45) is 4.61. The second-order valence-electron chi connectivity index (χ2n) is 5.08. The van der Waals surface area contributed by atoms with Crippen LogP contribution in [-0.2, 0) is 4.74 Å². The van der Waals surface area contributed by atoms with Gasteiger partial charge < -0.3 is 10.1 Å². The first kappa shape index (κ1) is 11.5. The zero-order valence-electron chi connectivity index (χ0n) is 10.4. The van der Waals surface area contributed by atoms with Gasteiger partial charge >= 0.3 is 0 Å². The Labute approximate surface area is 107 Å². The molecule has 2 aliphatic rings. The first-order valence-electron chi connectivity index (χ1n) is 6.62. The molecule has 4 heteroatoms. The van der Waals surface area contributed by atoms with Crippen molar-refractivity contribution in [1.29, 1.82) is 5.26 Å². The Balaban J connectivity index is 1.79. The SMILES string of the molecule is N#Cc1ccc(C2CC2)nc1NC1CCCOC1. The molecule has 1 saturated heterocycles. The maximum Gasteiger partial charge on any atom is 0.144 e. The minimum atomic E-state index is 0.285. The number of nitriles is 1. The molecule has 2 heterocycles. The van der Waals surface area contributed by atoms with Crippen LogP contribution in [0.1, 0.15) is 42.9 Å². The van der Waals surface area contributed by atoms with Gasteiger partial charge in [0.2, 0.25) is 0 Å². The number of aromatic nitrogens is 1. The molecule has 1 aromatic rings. The van der Waals surface area contributed by atoms with Gasteiger partial charge in [-0.1, -0.05) is 0 Å². The van der Waals surface area contributed by atoms with Crippen LogP contribution in [-0.4, -0.2) is 24.2 Å². The lowest BCUT2D eigenvalue weighted by molar-refractivity contribution is 0.0875. The molecule has 0 amide bonds. The van der Waals surface area contributed by atoms with Crippen LogP contribution in [0.25, 0.3) is 0 Å². The average Bonchev–Trinajstić information content (AvgIpc) is 3.24. The summed E-state index contributed by atoms with van der Waals surface area (Å²) in [4.78, 5) is 4.61. The molecule has 94 valence electrons. The van der Waals surface area contributed by atoms with Gasteiger partial charge in [0, 0.05) is 18.2 Å². The van der Waals surface area contributed by atoms with Crippen LogP contribution < -0.4 is 5.32 Å². The van der Waals surface area contributed by atoms with E-state index in [1.54, 1.807) is 0 Å². The molecular weight excluding hydrogens is 226 g/mol. The highest BCUT2D eigenvalue weighted by Crippen LogP contribution is 2.39. The minimum absolute atomic E-state index is 0.285. The van der Waals surface area contributed by atoms with Crippen molar-refractivity contribution in [3.05, 3.63) is 23.4 Å². The van der Waals surface area contributed by atoms with E-state index >= 15 is 0 Å². The number of anilines is 1. The molecule has 1 atom stereocenters. The highest BCUT2D eigenvalue weighted by atomic mass is 16.5. The molecule has 2 fully saturated rings. The lowest BCUT2D eigenvalue weighted by atomic mass is 10.1. The second kappa shape index (κ2) is 4.95. The quantitative estimate of drug-likeness (QED) is 0.885. The van der Waals surface area contributed by atoms with Crippen LogP contribution >= 0.6 is 0 Å². The fraction of sp³-hybridized carbons (Fsp3) is 0.571. The number of ether oxygens (including phenoxy) is 1. The summed E-state index contributed by atoms with van der Waals surface area (Å²) in [5.41, 5.74) is 1.75. The fourth-order valence-electron chi connectivity index (χ4n) is 2.33. The van der Waals surface area contributed by atoms with Crippen molar-refractivity contribution in [2.24, 2.45) is 0 Å². The van der Waals surface area contributed by atoms with Crippen molar-refractivity contribution >= 4 is 5.82 Å². The zero-order valence-corrected chi connectivity index (χ0v) is 10.4. The van der Waals surface area contributed by atoms with Crippen LogP contribution in [0.4, 0.5) is 5.82 Å². The molecule has 4 nitrogen and oxygen atoms in total. The van der Waals surface area contributed by atoms with Crippen LogP contribution in [0.5, 0.6) is 0 Å². The highest BCUT2D eigenvalue weighted by molar-refractivity contribution is 5.53. The summed E-state index contributed by atoms with van der Waals surface area (Å²) in [6, 6.07) is 6.36. The summed E-state index contributed by atoms with van der Waals surface area (Å²) in [5.74, 6) is 1.35. The predicted octanol–water partition coefficient (Wildman–Crippen LogP) is 2.42. The number of hydrogen-bond acceptors (Lipinski definition) is 4. The monoisotopic (exact) mass is 243 g/mol. The maximum atomic E-state index is 9.13. The van der Waals surface area contributed by atoms with E-state index in [2.05, 4.69) is 16.4 Å². The third-order valence-electron chi connectivity index (χ3n) is 3.53. The molecule has 18 heavy (non-hydrogen) atoms. The Morgan fingerprint density at radius 1 is 1.33 bits per heavy atom. The van der Waals surface area contributed by atoms with Crippen molar-refractivity contribution in [3.8, 4) is 6.07 Å². The van der Waals surface area contributed by atoms with Crippen LogP contribution in [0, 0.1) is 11.3 Å². The highest BCUT2D eigenvalue weighted by Gasteiger charge is 2.26. The van der Waals surface area contributed by atoms with E-state index in [0.29, 0.717) is 18.1 Å². The summed E-state index contributed by atoms with van der Waals surface area (Å²) >= 11 is 0. The number of pyridine rings is 1. The average molecular weight is 243 g/mol. The smallest absolute Gasteiger partial charge is 0.144 e. The Bertz CT molecular complexity index is 470. The van der Waals surface area contributed by atoms with Crippen molar-refractivity contribution in [1.82, 2.24) is 4.98 Å². The summed E-state index contributed by atoms with van der Waals surface area (Å²) < 4.78 is 5.44. The maximum absolute atomic E-state index is 9.13. The molecule has 1 unspecified atom stereocenters. The van der Waals surface area contributed by atoms with Crippen LogP contribution in [0.2, 0.25) is 0 Å². The largest absolute Gasteiger partial charge is 0.379 e. The topological polar surface area (TPSA) is 57.9 Å². The Morgan fingerprint density at radius 3 is 2.89 bits per heavy atom. The van der Waals surface area contributed by atoms with Gasteiger partial charge in [-0.3, -0.25) is 0 Å². The van der Waals surface area contributed by atoms with Gasteiger partial charge in [-0.25, -0.2) is 4.98 Å². The normalized spacial score (nSPS) is 23.4. The molecule has 0 aromatic carbocycles. The molecular formula is C14H17N3O. The standard InChI is InChI=1S/C14H17N3O/c15-8-11-5-6-13(10-3-4-10)17-14(11)16-12-2-1-7-18-9-12/h5-6,10,12H,1-4,7,9H2,(H,16,17). The third kappa shape index (κ3) is 2.46. The number of nitrogens with one attached hydrogen (secondary N) is 1. The first-order chi connectivity index (χ1) is 8.86. The molecule has 1 aromatic heterocycles. The Hall–Kier alpha value is -1.60. The van der Waals surface area contributed by atoms with Crippen molar-refractivity contribution in [2.75, 3.05) is 18.5 Å². The molecule has 1 aliphatic heterocycles. The lowest BCUT2D eigenvalue weighted by Crippen LogP contribution is -2.30. The lowest BCUT2D eigenvalue weighted by Gasteiger charge is -2.24. The molecule has 0 radical (unpaired) electrons. The molecule has 1 saturated carbocycles. The Morgan fingerprint density at radius 2 is 2.22 bits per heavy atom. The predicted molar refractivity (Wildman–Crippen MR) is 68.4 cm³/mol. The van der Waals surface area contributed by atoms with E-state index in [1.807, 2.05) is 12.1 Å². The van der Waals surface area contributed by atoms with Gasteiger partial charge in [-0.05, 0) is 37.8 Å². The van der Waals surface area contributed by atoms with Gasteiger partial charge in [0.05, 0.1) is 18.2 Å². The zero-order chi connectivity index (χ0) is 12.4. The second-order valence-corrected chi connectivity index (χ2v) is 5.08. The minimum Gasteiger partial charge on any atom is -0.379 e. The number of rotatable bonds is 3. The van der Waals surface area contributed by atoms with Crippen molar-refractivity contribution in [2.45, 2.75) is 37.6 Å². The first-order valence-corrected chi connectivity index (χ1v) is 6.62. The summed E-state index contributed by atoms with van der Waals surface area (Å²) in [6.45, 7) is 1.55. The van der Waals surface area contributed by atoms with Gasteiger partial charge in [-0.15, -0.1) is 0 Å². The van der Waals surface area contributed by atoms with Gasteiger partial charge in [0.25, 0.3) is 0 Å². The van der Waals surface area contributed by atoms with E-state index in [9.17, 15) is 0 Å². The van der Waals surface area contributed by atoms with E-state index in [4.69, 9.17) is 10.00 Å². The molecule has 3 rings (SSSR count). The Kier molecular flexibility index (Phi) is 3.16. The summed E-state index contributed by atoms with van der Waals surface area (Å²) in [5, 5.41) is 12.5. The van der Waals surface area contributed by atoms with E-state index in [-0.39, 0.29) is 6.04 Å². The molecule has 0 bridgehead atoms. The number of hydrogen-bond donors (Lipinski definition) is 1. The van der Waals surface area contributed by atoms with E-state index < -0.39 is 0 Å². The number of nitrogens with zero attached hydrogens (tertiary/aromatic N) is 2. The molecule has 1 N–H and O–H groups in total. The molecule has 0 spiro atoms. The third-order valence-corrected chi connectivity index (χ3v) is 3.53. The van der Waals surface area contributed by atoms with Crippen molar-refractivity contribution in [3.63, 3.8) is 0 Å².